The van der Waals surface area contributed by atoms with Crippen LogP contribution in [0.5, 0.6) is 0 Å². The Kier molecular flexibility index (Phi) is 4.58. The molecular weight excluding hydrogens is 300 g/mol. The molecule has 0 saturated carbocycles. The average molecular weight is 318 g/mol. The van der Waals surface area contributed by atoms with Crippen molar-refractivity contribution in [2.24, 2.45) is 5.92 Å². The Morgan fingerprint density at radius 1 is 1.36 bits per heavy atom. The van der Waals surface area contributed by atoms with Crippen molar-refractivity contribution in [1.29, 1.82) is 0 Å². The van der Waals surface area contributed by atoms with Gasteiger partial charge in [0.25, 0.3) is 5.91 Å². The van der Waals surface area contributed by atoms with Crippen LogP contribution in [0.1, 0.15) is 28.3 Å². The van der Waals surface area contributed by atoms with Crippen molar-refractivity contribution in [3.63, 3.8) is 0 Å². The van der Waals surface area contributed by atoms with Crippen LogP contribution in [-0.2, 0) is 11.3 Å². The van der Waals surface area contributed by atoms with E-state index in [0.717, 1.165) is 30.0 Å². The van der Waals surface area contributed by atoms with Crippen LogP contribution < -0.4 is 5.32 Å². The minimum Gasteiger partial charge on any atom is -0.467 e. The van der Waals surface area contributed by atoms with Gasteiger partial charge in [0.1, 0.15) is 5.76 Å². The number of amides is 2. The van der Waals surface area contributed by atoms with E-state index in [4.69, 9.17) is 4.42 Å². The van der Waals surface area contributed by atoms with Gasteiger partial charge < -0.3 is 14.6 Å². The van der Waals surface area contributed by atoms with Crippen LogP contribution in [0.15, 0.2) is 40.3 Å². The molecule has 2 aromatic rings. The third-order valence-corrected chi connectivity index (χ3v) is 4.69. The van der Waals surface area contributed by atoms with Gasteiger partial charge in [-0.05, 0) is 36.4 Å². The van der Waals surface area contributed by atoms with Gasteiger partial charge in [-0.3, -0.25) is 9.59 Å². The number of rotatable bonds is 4. The van der Waals surface area contributed by atoms with Crippen LogP contribution >= 0.6 is 11.3 Å². The third kappa shape index (κ3) is 3.39. The highest BCUT2D eigenvalue weighted by Gasteiger charge is 2.29. The molecule has 1 N–H and O–H groups in total. The van der Waals surface area contributed by atoms with E-state index in [0.29, 0.717) is 13.1 Å². The van der Waals surface area contributed by atoms with E-state index < -0.39 is 0 Å². The van der Waals surface area contributed by atoms with E-state index in [-0.39, 0.29) is 17.7 Å². The fraction of sp³-hybridized carbons (Fsp3) is 0.375. The largest absolute Gasteiger partial charge is 0.467 e. The minimum atomic E-state index is -0.146. The Hall–Kier alpha value is -2.08. The first-order valence-corrected chi connectivity index (χ1v) is 8.25. The van der Waals surface area contributed by atoms with E-state index in [2.05, 4.69) is 5.32 Å². The molecule has 1 aliphatic heterocycles. The molecule has 1 aliphatic rings. The van der Waals surface area contributed by atoms with Crippen molar-refractivity contribution < 1.29 is 14.0 Å². The van der Waals surface area contributed by atoms with Gasteiger partial charge in [-0.15, -0.1) is 11.3 Å². The second-order valence-electron chi connectivity index (χ2n) is 5.36. The Bertz CT molecular complexity index is 622. The average Bonchev–Trinajstić information content (AvgIpc) is 3.25. The zero-order chi connectivity index (χ0) is 15.4. The van der Waals surface area contributed by atoms with Gasteiger partial charge in [0.15, 0.2) is 0 Å². The number of nitrogens with zero attached hydrogens (tertiary/aromatic N) is 1. The van der Waals surface area contributed by atoms with Crippen LogP contribution in [0, 0.1) is 5.92 Å². The van der Waals surface area contributed by atoms with E-state index in [1.807, 2.05) is 23.6 Å². The lowest BCUT2D eigenvalue weighted by Gasteiger charge is -2.31. The summed E-state index contributed by atoms with van der Waals surface area (Å²) in [5.41, 5.74) is 0. The summed E-state index contributed by atoms with van der Waals surface area (Å²) in [6.45, 7) is 1.60. The maximum absolute atomic E-state index is 12.4. The predicted octanol–water partition coefficient (Wildman–Crippen LogP) is 2.51. The molecule has 116 valence electrons. The van der Waals surface area contributed by atoms with Gasteiger partial charge in [0.05, 0.1) is 23.6 Å². The lowest BCUT2D eigenvalue weighted by atomic mass is 9.97. The molecule has 0 unspecified atom stereocenters. The van der Waals surface area contributed by atoms with Crippen molar-refractivity contribution >= 4 is 23.2 Å². The first kappa shape index (κ1) is 14.8. The Morgan fingerprint density at radius 3 is 3.00 bits per heavy atom. The van der Waals surface area contributed by atoms with E-state index in [1.165, 1.54) is 11.3 Å². The Balaban J connectivity index is 1.55. The minimum absolute atomic E-state index is 0.0138. The van der Waals surface area contributed by atoms with Crippen molar-refractivity contribution in [1.82, 2.24) is 10.2 Å². The zero-order valence-electron chi connectivity index (χ0n) is 12.2. The molecule has 0 aromatic carbocycles. The number of thiophene rings is 1. The molecule has 1 fully saturated rings. The zero-order valence-corrected chi connectivity index (χ0v) is 13.0. The summed E-state index contributed by atoms with van der Waals surface area (Å²) in [6, 6.07) is 7.32. The van der Waals surface area contributed by atoms with Crippen molar-refractivity contribution in [3.8, 4) is 0 Å². The fourth-order valence-corrected chi connectivity index (χ4v) is 3.35. The molecular formula is C16H18N2O3S. The van der Waals surface area contributed by atoms with Crippen LogP contribution in [0.3, 0.4) is 0 Å². The van der Waals surface area contributed by atoms with Crippen LogP contribution in [-0.4, -0.2) is 29.8 Å². The van der Waals surface area contributed by atoms with Crippen LogP contribution in [0.4, 0.5) is 0 Å². The SMILES string of the molecule is O=C(NCc1ccco1)[C@H]1CCCN(C(=O)c2cccs2)C1. The molecule has 0 radical (unpaired) electrons. The predicted molar refractivity (Wildman–Crippen MR) is 83.5 cm³/mol. The molecule has 2 amide bonds. The van der Waals surface area contributed by atoms with Crippen molar-refractivity contribution in [2.75, 3.05) is 13.1 Å². The first-order valence-electron chi connectivity index (χ1n) is 7.37. The lowest BCUT2D eigenvalue weighted by Crippen LogP contribution is -2.45. The molecule has 0 spiro atoms. The van der Waals surface area contributed by atoms with Gasteiger partial charge in [-0.2, -0.15) is 0 Å². The van der Waals surface area contributed by atoms with Crippen LogP contribution in [0.2, 0.25) is 0 Å². The van der Waals surface area contributed by atoms with E-state index in [9.17, 15) is 9.59 Å². The molecule has 1 saturated heterocycles. The monoisotopic (exact) mass is 318 g/mol. The molecule has 5 nitrogen and oxygen atoms in total. The molecule has 3 rings (SSSR count). The molecule has 1 atom stereocenters. The number of carbonyl (C=O) groups is 2. The number of hydrogen-bond acceptors (Lipinski definition) is 4. The Morgan fingerprint density at radius 2 is 2.27 bits per heavy atom. The summed E-state index contributed by atoms with van der Waals surface area (Å²) in [5.74, 6) is 0.599. The number of piperidine rings is 1. The first-order chi connectivity index (χ1) is 10.7. The molecule has 6 heteroatoms. The molecule has 2 aromatic heterocycles. The molecule has 0 bridgehead atoms. The topological polar surface area (TPSA) is 62.6 Å². The highest BCUT2D eigenvalue weighted by Crippen LogP contribution is 2.20. The van der Waals surface area contributed by atoms with E-state index in [1.54, 1.807) is 17.2 Å². The number of likely N-dealkylation sites (tertiary alicyclic amines) is 1. The molecule has 3 heterocycles. The Labute approximate surface area is 132 Å². The van der Waals surface area contributed by atoms with Gasteiger partial charge >= 0.3 is 0 Å². The lowest BCUT2D eigenvalue weighted by molar-refractivity contribution is -0.126. The summed E-state index contributed by atoms with van der Waals surface area (Å²) >= 11 is 1.44. The second kappa shape index (κ2) is 6.79. The number of carbonyl (C=O) groups excluding carboxylic acids is 2. The highest BCUT2D eigenvalue weighted by molar-refractivity contribution is 7.12. The summed E-state index contributed by atoms with van der Waals surface area (Å²) in [6.07, 6.45) is 3.26. The second-order valence-corrected chi connectivity index (χ2v) is 6.31. The smallest absolute Gasteiger partial charge is 0.263 e. The van der Waals surface area contributed by atoms with E-state index >= 15 is 0 Å². The normalized spacial score (nSPS) is 18.2. The van der Waals surface area contributed by atoms with Gasteiger partial charge in [-0.1, -0.05) is 6.07 Å². The van der Waals surface area contributed by atoms with Crippen LogP contribution in [0.25, 0.3) is 0 Å². The highest BCUT2D eigenvalue weighted by atomic mass is 32.1. The molecule has 22 heavy (non-hydrogen) atoms. The van der Waals surface area contributed by atoms with Gasteiger partial charge in [-0.25, -0.2) is 0 Å². The summed E-state index contributed by atoms with van der Waals surface area (Å²) < 4.78 is 5.20. The van der Waals surface area contributed by atoms with Crippen molar-refractivity contribution in [3.05, 3.63) is 46.5 Å². The maximum Gasteiger partial charge on any atom is 0.263 e. The number of nitrogens with one attached hydrogen (secondary N) is 1. The number of hydrogen-bond donors (Lipinski definition) is 1. The third-order valence-electron chi connectivity index (χ3n) is 3.83. The quantitative estimate of drug-likeness (QED) is 0.942. The van der Waals surface area contributed by atoms with Gasteiger partial charge in [0, 0.05) is 13.1 Å². The fourth-order valence-electron chi connectivity index (χ4n) is 2.66. The summed E-state index contributed by atoms with van der Waals surface area (Å²) in [5, 5.41) is 4.77. The number of furan rings is 1. The summed E-state index contributed by atoms with van der Waals surface area (Å²) in [7, 11) is 0. The van der Waals surface area contributed by atoms with Crippen molar-refractivity contribution in [2.45, 2.75) is 19.4 Å². The molecule has 0 aliphatic carbocycles. The summed E-state index contributed by atoms with van der Waals surface area (Å²) in [4.78, 5) is 27.1. The van der Waals surface area contributed by atoms with Gasteiger partial charge in [0.2, 0.25) is 5.91 Å². The maximum atomic E-state index is 12.4. The standard InChI is InChI=1S/C16H18N2O3S/c19-15(17-10-13-5-2-8-21-13)12-4-1-7-18(11-12)16(20)14-6-3-9-22-14/h2-3,5-6,8-9,12H,1,4,7,10-11H2,(H,17,19)/t12-/m0/s1.